The lowest BCUT2D eigenvalue weighted by atomic mass is 9.86. The van der Waals surface area contributed by atoms with Crippen LogP contribution in [-0.2, 0) is 34.6 Å². The number of hydrogen-bond acceptors (Lipinski definition) is 3. The first-order valence-electron chi connectivity index (χ1n) is 12.8. The number of halogens is 9. The average Bonchev–Trinajstić information content (AvgIpc) is 2.85. The van der Waals surface area contributed by atoms with Crippen molar-refractivity contribution in [1.29, 1.82) is 0 Å². The van der Waals surface area contributed by atoms with Crippen molar-refractivity contribution in [3.05, 3.63) is 70.8 Å². The van der Waals surface area contributed by atoms with Gasteiger partial charge in [0.2, 0.25) is 0 Å². The van der Waals surface area contributed by atoms with Gasteiger partial charge in [0.05, 0.1) is 23.3 Å². The molecule has 1 aliphatic rings. The molecule has 0 aliphatic carbocycles. The first kappa shape index (κ1) is 33.4. The van der Waals surface area contributed by atoms with Crippen LogP contribution in [0.4, 0.5) is 39.5 Å². The minimum absolute atomic E-state index is 0.0560. The molecule has 0 radical (unpaired) electrons. The van der Waals surface area contributed by atoms with Crippen molar-refractivity contribution in [3.8, 4) is 0 Å². The smallest absolute Gasteiger partial charge is 0.416 e. The SMILES string of the molecule is CCCC1CC(CC(=O)OCC)CCN1Cc1cc(C(F)(F)F)ccc1C(F)(F)F.FC(F)(F)c1ccccc1. The second kappa shape index (κ2) is 14.2. The van der Waals surface area contributed by atoms with Gasteiger partial charge in [-0.1, -0.05) is 43.7 Å². The maximum Gasteiger partial charge on any atom is 0.416 e. The van der Waals surface area contributed by atoms with Crippen molar-refractivity contribution in [3.63, 3.8) is 0 Å². The maximum absolute atomic E-state index is 13.4. The molecule has 0 aromatic heterocycles. The molecule has 3 nitrogen and oxygen atoms in total. The number of alkyl halides is 9. The molecule has 1 aliphatic heterocycles. The Bertz CT molecular complexity index is 1070. The molecule has 2 atom stereocenters. The van der Waals surface area contributed by atoms with Gasteiger partial charge < -0.3 is 4.74 Å². The monoisotopic (exact) mass is 585 g/mol. The van der Waals surface area contributed by atoms with Gasteiger partial charge in [0.1, 0.15) is 0 Å². The van der Waals surface area contributed by atoms with Crippen molar-refractivity contribution in [2.24, 2.45) is 5.92 Å². The molecule has 2 aromatic rings. The minimum atomic E-state index is -4.73. The van der Waals surface area contributed by atoms with Crippen LogP contribution < -0.4 is 0 Å². The summed E-state index contributed by atoms with van der Waals surface area (Å²) in [5.74, 6) is -0.246. The van der Waals surface area contributed by atoms with E-state index in [1.165, 1.54) is 12.1 Å². The highest BCUT2D eigenvalue weighted by atomic mass is 19.4. The zero-order valence-electron chi connectivity index (χ0n) is 22.1. The summed E-state index contributed by atoms with van der Waals surface area (Å²) < 4.78 is 120. The first-order chi connectivity index (χ1) is 18.6. The van der Waals surface area contributed by atoms with Gasteiger partial charge in [-0.05, 0) is 62.4 Å². The number of carbonyl (C=O) groups excluding carboxylic acids is 1. The van der Waals surface area contributed by atoms with Crippen LogP contribution in [-0.4, -0.2) is 30.1 Å². The van der Waals surface area contributed by atoms with Gasteiger partial charge >= 0.3 is 24.5 Å². The lowest BCUT2D eigenvalue weighted by molar-refractivity contribution is -0.145. The Kier molecular flexibility index (Phi) is 11.9. The van der Waals surface area contributed by atoms with E-state index in [1.54, 1.807) is 13.0 Å². The third-order valence-electron chi connectivity index (χ3n) is 6.54. The number of ether oxygens (including phenoxy) is 1. The molecule has 2 unspecified atom stereocenters. The summed E-state index contributed by atoms with van der Waals surface area (Å²) in [6, 6.07) is 7.86. The van der Waals surface area contributed by atoms with Crippen molar-refractivity contribution in [2.45, 2.75) is 77.1 Å². The Balaban J connectivity index is 0.000000469. The van der Waals surface area contributed by atoms with Crippen molar-refractivity contribution >= 4 is 5.97 Å². The number of esters is 1. The number of benzene rings is 2. The lowest BCUT2D eigenvalue weighted by Gasteiger charge is -2.40. The standard InChI is InChI=1S/C21H27F6NO2.C7H5F3/c1-3-5-17-10-14(11-19(29)30-4-2)8-9-28(17)13-15-12-16(20(22,23)24)6-7-18(15)21(25,26)27;8-7(9,10)6-4-2-1-3-5-6/h6-7,12,14,17H,3-5,8-11,13H2,1-2H3;1-5H. The van der Waals surface area contributed by atoms with Gasteiger partial charge in [-0.15, -0.1) is 0 Å². The second-order valence-corrected chi connectivity index (χ2v) is 9.54. The Hall–Kier alpha value is -2.76. The van der Waals surface area contributed by atoms with E-state index < -0.39 is 35.2 Å². The van der Waals surface area contributed by atoms with E-state index in [4.69, 9.17) is 4.74 Å². The molecule has 1 fully saturated rings. The minimum Gasteiger partial charge on any atom is -0.466 e. The predicted octanol–water partition coefficient (Wildman–Crippen LogP) is 8.76. The number of hydrogen-bond donors (Lipinski definition) is 0. The third-order valence-corrected chi connectivity index (χ3v) is 6.54. The molecule has 1 heterocycles. The van der Waals surface area contributed by atoms with Gasteiger partial charge in [-0.25, -0.2) is 0 Å². The van der Waals surface area contributed by atoms with Crippen molar-refractivity contribution in [1.82, 2.24) is 4.90 Å². The van der Waals surface area contributed by atoms with Crippen LogP contribution in [0.15, 0.2) is 48.5 Å². The highest BCUT2D eigenvalue weighted by molar-refractivity contribution is 5.69. The Morgan fingerprint density at radius 2 is 1.50 bits per heavy atom. The van der Waals surface area contributed by atoms with Crippen LogP contribution in [0.5, 0.6) is 0 Å². The first-order valence-corrected chi connectivity index (χ1v) is 12.8. The second-order valence-electron chi connectivity index (χ2n) is 9.54. The summed E-state index contributed by atoms with van der Waals surface area (Å²) >= 11 is 0. The molecule has 0 bridgehead atoms. The average molecular weight is 586 g/mol. The molecule has 2 aromatic carbocycles. The Morgan fingerprint density at radius 3 is 2.00 bits per heavy atom. The summed E-state index contributed by atoms with van der Waals surface area (Å²) in [5.41, 5.74) is -3.11. The highest BCUT2D eigenvalue weighted by Gasteiger charge is 2.38. The lowest BCUT2D eigenvalue weighted by Crippen LogP contribution is -2.42. The largest absolute Gasteiger partial charge is 0.466 e. The molecule has 0 saturated carbocycles. The maximum atomic E-state index is 13.4. The molecule has 224 valence electrons. The fourth-order valence-corrected chi connectivity index (χ4v) is 4.69. The quantitative estimate of drug-likeness (QED) is 0.240. The number of piperidine rings is 1. The van der Waals surface area contributed by atoms with E-state index in [1.807, 2.05) is 11.8 Å². The number of rotatable bonds is 7. The molecule has 1 saturated heterocycles. The van der Waals surface area contributed by atoms with E-state index in [2.05, 4.69) is 0 Å². The van der Waals surface area contributed by atoms with Gasteiger partial charge in [0.15, 0.2) is 0 Å². The highest BCUT2D eigenvalue weighted by Crippen LogP contribution is 2.38. The van der Waals surface area contributed by atoms with E-state index in [0.717, 1.165) is 18.6 Å². The summed E-state index contributed by atoms with van der Waals surface area (Å²) in [4.78, 5) is 13.6. The number of nitrogens with zero attached hydrogens (tertiary/aromatic N) is 1. The van der Waals surface area contributed by atoms with Crippen LogP contribution >= 0.6 is 0 Å². The normalized spacial score (nSPS) is 18.6. The summed E-state index contributed by atoms with van der Waals surface area (Å²) in [6.45, 7) is 4.15. The zero-order chi connectivity index (χ0) is 30.1. The molecular formula is C28H32F9NO2. The third kappa shape index (κ3) is 10.3. The molecule has 0 amide bonds. The van der Waals surface area contributed by atoms with Gasteiger partial charge in [-0.2, -0.15) is 39.5 Å². The van der Waals surface area contributed by atoms with Crippen LogP contribution in [0, 0.1) is 5.92 Å². The molecule has 12 heteroatoms. The molecular weight excluding hydrogens is 553 g/mol. The number of carbonyl (C=O) groups is 1. The summed E-state index contributed by atoms with van der Waals surface area (Å²) in [7, 11) is 0. The van der Waals surface area contributed by atoms with Crippen LogP contribution in [0.2, 0.25) is 0 Å². The molecule has 0 N–H and O–H groups in total. The van der Waals surface area contributed by atoms with E-state index in [-0.39, 0.29) is 43.1 Å². The van der Waals surface area contributed by atoms with Gasteiger partial charge in [-0.3, -0.25) is 9.69 Å². The zero-order valence-corrected chi connectivity index (χ0v) is 22.1. The molecule has 0 spiro atoms. The van der Waals surface area contributed by atoms with Crippen molar-refractivity contribution < 1.29 is 49.0 Å². The Labute approximate surface area is 227 Å². The fourth-order valence-electron chi connectivity index (χ4n) is 4.69. The number of likely N-dealkylation sites (tertiary alicyclic amines) is 1. The van der Waals surface area contributed by atoms with Crippen LogP contribution in [0.25, 0.3) is 0 Å². The fraction of sp³-hybridized carbons (Fsp3) is 0.536. The predicted molar refractivity (Wildman–Crippen MR) is 131 cm³/mol. The van der Waals surface area contributed by atoms with Gasteiger partial charge in [0.25, 0.3) is 0 Å². The van der Waals surface area contributed by atoms with E-state index >= 15 is 0 Å². The van der Waals surface area contributed by atoms with Crippen LogP contribution in [0.1, 0.15) is 68.2 Å². The topological polar surface area (TPSA) is 29.5 Å². The van der Waals surface area contributed by atoms with E-state index in [9.17, 15) is 44.3 Å². The van der Waals surface area contributed by atoms with Crippen LogP contribution in [0.3, 0.4) is 0 Å². The van der Waals surface area contributed by atoms with Crippen molar-refractivity contribution in [2.75, 3.05) is 13.2 Å². The molecule has 3 rings (SSSR count). The summed E-state index contributed by atoms with van der Waals surface area (Å²) in [5, 5.41) is 0. The van der Waals surface area contributed by atoms with Gasteiger partial charge in [0, 0.05) is 19.0 Å². The Morgan fingerprint density at radius 1 is 0.875 bits per heavy atom. The summed E-state index contributed by atoms with van der Waals surface area (Å²) in [6.07, 6.45) is -10.7. The van der Waals surface area contributed by atoms with E-state index in [0.29, 0.717) is 44.0 Å². The molecule has 40 heavy (non-hydrogen) atoms.